The average molecular weight is 615 g/mol. The number of benzene rings is 5. The predicted molar refractivity (Wildman–Crippen MR) is 194 cm³/mol. The molecule has 48 heavy (non-hydrogen) atoms. The van der Waals surface area contributed by atoms with Gasteiger partial charge in [0.2, 0.25) is 0 Å². The van der Waals surface area contributed by atoms with E-state index in [4.69, 9.17) is 0 Å². The third kappa shape index (κ3) is 4.28. The van der Waals surface area contributed by atoms with Crippen molar-refractivity contribution in [1.29, 1.82) is 10.5 Å². The minimum atomic E-state index is 0.0340. The fourth-order valence-corrected chi connectivity index (χ4v) is 8.08. The van der Waals surface area contributed by atoms with Gasteiger partial charge in [-0.3, -0.25) is 0 Å². The summed E-state index contributed by atoms with van der Waals surface area (Å²) >= 11 is 0. The van der Waals surface area contributed by atoms with Crippen molar-refractivity contribution in [3.63, 3.8) is 0 Å². The number of fused-ring (bicyclic) bond motifs is 6. The van der Waals surface area contributed by atoms with Gasteiger partial charge < -0.3 is 9.80 Å². The molecule has 2 aliphatic heterocycles. The molecule has 2 heterocycles. The quantitative estimate of drug-likeness (QED) is 0.202. The van der Waals surface area contributed by atoms with Crippen LogP contribution in [0, 0.1) is 22.7 Å². The second-order valence-electron chi connectivity index (χ2n) is 12.7. The lowest BCUT2D eigenvalue weighted by Crippen LogP contribution is -2.29. The van der Waals surface area contributed by atoms with Crippen molar-refractivity contribution in [2.24, 2.45) is 0 Å². The molecule has 0 fully saturated rings. The maximum atomic E-state index is 10.5. The summed E-state index contributed by atoms with van der Waals surface area (Å²) in [5.74, 6) is 0.529. The third-order valence-corrected chi connectivity index (χ3v) is 10.2. The van der Waals surface area contributed by atoms with Crippen LogP contribution in [0.15, 0.2) is 158 Å². The van der Waals surface area contributed by atoms with Crippen LogP contribution >= 0.6 is 0 Å². The van der Waals surface area contributed by atoms with Crippen LogP contribution in [0.25, 0.3) is 22.3 Å². The van der Waals surface area contributed by atoms with Gasteiger partial charge in [-0.2, -0.15) is 10.5 Å². The van der Waals surface area contributed by atoms with Gasteiger partial charge >= 0.3 is 0 Å². The Morgan fingerprint density at radius 2 is 1.10 bits per heavy atom. The molecule has 0 aromatic heterocycles. The Balaban J connectivity index is 1.13. The number of nitriles is 2. The summed E-state index contributed by atoms with van der Waals surface area (Å²) in [7, 11) is 0. The smallest absolute Gasteiger partial charge is 0.101 e. The molecule has 4 nitrogen and oxygen atoms in total. The Hall–Kier alpha value is -6.36. The first-order valence-electron chi connectivity index (χ1n) is 16.4. The molecule has 4 atom stereocenters. The van der Waals surface area contributed by atoms with Gasteiger partial charge in [-0.1, -0.05) is 115 Å². The number of nitrogens with zero attached hydrogens (tertiary/aromatic N) is 4. The van der Waals surface area contributed by atoms with Gasteiger partial charge in [-0.05, 0) is 70.3 Å². The highest BCUT2D eigenvalue weighted by Crippen LogP contribution is 2.51. The largest absolute Gasteiger partial charge is 0.333 e. The summed E-state index contributed by atoms with van der Waals surface area (Å²) in [5.41, 5.74) is 11.9. The maximum Gasteiger partial charge on any atom is 0.101 e. The second kappa shape index (κ2) is 11.2. The lowest BCUT2D eigenvalue weighted by atomic mass is 9.90. The molecule has 4 aliphatic rings. The van der Waals surface area contributed by atoms with Crippen LogP contribution in [0.3, 0.4) is 0 Å². The molecule has 0 spiro atoms. The van der Waals surface area contributed by atoms with Crippen LogP contribution in [0.2, 0.25) is 0 Å². The molecule has 9 rings (SSSR count). The zero-order valence-corrected chi connectivity index (χ0v) is 26.1. The minimum Gasteiger partial charge on any atom is -0.333 e. The lowest BCUT2D eigenvalue weighted by molar-refractivity contribution is 0.744. The molecular formula is C44H30N4. The van der Waals surface area contributed by atoms with Crippen molar-refractivity contribution in [2.45, 2.75) is 23.9 Å². The first-order chi connectivity index (χ1) is 23.7. The van der Waals surface area contributed by atoms with Gasteiger partial charge in [0, 0.05) is 34.5 Å². The summed E-state index contributed by atoms with van der Waals surface area (Å²) in [6.07, 6.45) is 17.5. The van der Waals surface area contributed by atoms with E-state index in [9.17, 15) is 10.5 Å². The van der Waals surface area contributed by atoms with Crippen molar-refractivity contribution >= 4 is 22.7 Å². The van der Waals surface area contributed by atoms with Gasteiger partial charge in [-0.15, -0.1) is 0 Å². The van der Waals surface area contributed by atoms with Gasteiger partial charge in [0.1, 0.15) is 6.07 Å². The summed E-state index contributed by atoms with van der Waals surface area (Å²) in [6, 6.07) is 43.1. The third-order valence-electron chi connectivity index (χ3n) is 10.2. The predicted octanol–water partition coefficient (Wildman–Crippen LogP) is 10.2. The van der Waals surface area contributed by atoms with Crippen molar-refractivity contribution in [1.82, 2.24) is 0 Å². The summed E-state index contributed by atoms with van der Waals surface area (Å²) in [6.45, 7) is 0. The Labute approximate surface area is 280 Å². The molecule has 4 heteroatoms. The second-order valence-corrected chi connectivity index (χ2v) is 12.7. The summed E-state index contributed by atoms with van der Waals surface area (Å²) in [5, 5.41) is 20.5. The van der Waals surface area contributed by atoms with Gasteiger partial charge in [0.05, 0.1) is 35.0 Å². The average Bonchev–Trinajstić information content (AvgIpc) is 3.67. The number of hydrogen-bond donors (Lipinski definition) is 0. The van der Waals surface area contributed by atoms with Gasteiger partial charge in [-0.25, -0.2) is 0 Å². The number of hydrogen-bond acceptors (Lipinski definition) is 4. The van der Waals surface area contributed by atoms with Crippen molar-refractivity contribution < 1.29 is 0 Å². The van der Waals surface area contributed by atoms with E-state index in [-0.39, 0.29) is 18.0 Å². The van der Waals surface area contributed by atoms with Crippen LogP contribution < -0.4 is 9.80 Å². The molecule has 0 N–H and O–H groups in total. The SMILES string of the molecule is N#Cc1cc(C#N)c(N2c3ccccc3C3C=CC=CC32)c(-c2cccc(-c3ccc(N4c5ccccc5C5C=CC=CC54)cc3)c2)c1. The summed E-state index contributed by atoms with van der Waals surface area (Å²) in [4.78, 5) is 4.74. The molecule has 2 aliphatic carbocycles. The topological polar surface area (TPSA) is 54.1 Å². The zero-order chi connectivity index (χ0) is 32.2. The molecule has 0 radical (unpaired) electrons. The monoisotopic (exact) mass is 614 g/mol. The van der Waals surface area contributed by atoms with Crippen LogP contribution in [0.5, 0.6) is 0 Å². The molecule has 0 saturated carbocycles. The molecule has 0 bridgehead atoms. The van der Waals surface area contributed by atoms with E-state index in [1.807, 2.05) is 6.07 Å². The van der Waals surface area contributed by atoms with E-state index in [1.165, 1.54) is 16.8 Å². The maximum absolute atomic E-state index is 10.5. The normalized spacial score (nSPS) is 20.9. The van der Waals surface area contributed by atoms with Crippen molar-refractivity contribution in [2.75, 3.05) is 9.80 Å². The number of rotatable bonds is 4. The van der Waals surface area contributed by atoms with E-state index in [1.54, 1.807) is 6.07 Å². The molecule has 0 amide bonds. The number of para-hydroxylation sites is 2. The highest BCUT2D eigenvalue weighted by atomic mass is 15.2. The van der Waals surface area contributed by atoms with E-state index in [0.717, 1.165) is 39.3 Å². The number of allylic oxidation sites excluding steroid dienone is 4. The Kier molecular flexibility index (Phi) is 6.49. The highest BCUT2D eigenvalue weighted by Gasteiger charge is 2.39. The standard InChI is InChI=1S/C44H30N4/c45-27-29-24-33(28-46)44(48-42-18-7-3-14-37(42)38-15-4-8-19-43(38)48)39(25-29)32-11-9-10-31(26-32)30-20-22-34(23-21-30)47-40-16-5-1-12-35(40)36-13-2-6-17-41(36)47/h1-26,35,37,40,42H. The van der Waals surface area contributed by atoms with E-state index >= 15 is 0 Å². The first kappa shape index (κ1) is 27.9. The van der Waals surface area contributed by atoms with Crippen LogP contribution in [0.1, 0.15) is 34.1 Å². The lowest BCUT2D eigenvalue weighted by Gasteiger charge is -2.31. The van der Waals surface area contributed by atoms with Crippen molar-refractivity contribution in [3.05, 3.63) is 180 Å². The van der Waals surface area contributed by atoms with Crippen LogP contribution in [0.4, 0.5) is 22.7 Å². The van der Waals surface area contributed by atoms with Crippen molar-refractivity contribution in [3.8, 4) is 34.4 Å². The van der Waals surface area contributed by atoms with Gasteiger partial charge in [0.25, 0.3) is 0 Å². The number of anilines is 4. The zero-order valence-electron chi connectivity index (χ0n) is 26.1. The summed E-state index contributed by atoms with van der Waals surface area (Å²) < 4.78 is 0. The molecule has 0 saturated heterocycles. The fraction of sp³-hybridized carbons (Fsp3) is 0.0909. The van der Waals surface area contributed by atoms with Gasteiger partial charge in [0.15, 0.2) is 0 Å². The minimum absolute atomic E-state index is 0.0340. The highest BCUT2D eigenvalue weighted by molar-refractivity contribution is 5.92. The molecular weight excluding hydrogens is 585 g/mol. The molecule has 5 aromatic rings. The van der Waals surface area contributed by atoms with E-state index in [0.29, 0.717) is 17.0 Å². The Bertz CT molecular complexity index is 2310. The fourth-order valence-electron chi connectivity index (χ4n) is 8.08. The van der Waals surface area contributed by atoms with Crippen LogP contribution in [-0.2, 0) is 0 Å². The van der Waals surface area contributed by atoms with E-state index in [2.05, 4.69) is 168 Å². The molecule has 226 valence electrons. The molecule has 4 unspecified atom stereocenters. The Morgan fingerprint density at radius 3 is 1.77 bits per heavy atom. The molecule has 5 aromatic carbocycles. The van der Waals surface area contributed by atoms with E-state index < -0.39 is 0 Å². The first-order valence-corrected chi connectivity index (χ1v) is 16.4. The van der Waals surface area contributed by atoms with Crippen LogP contribution in [-0.4, -0.2) is 12.1 Å². The Morgan fingerprint density at radius 1 is 0.500 bits per heavy atom.